The summed E-state index contributed by atoms with van der Waals surface area (Å²) in [5.41, 5.74) is 7.03. The molecular formula is C18H26N2O2. The molecule has 1 aliphatic heterocycles. The van der Waals surface area contributed by atoms with Crippen molar-refractivity contribution in [1.29, 1.82) is 0 Å². The van der Waals surface area contributed by atoms with Crippen molar-refractivity contribution in [2.24, 2.45) is 17.6 Å². The van der Waals surface area contributed by atoms with Crippen LogP contribution in [0, 0.1) is 11.8 Å². The lowest BCUT2D eigenvalue weighted by Crippen LogP contribution is -2.49. The van der Waals surface area contributed by atoms with Gasteiger partial charge in [-0.2, -0.15) is 0 Å². The molecule has 1 amide bonds. The van der Waals surface area contributed by atoms with E-state index in [1.165, 1.54) is 32.1 Å². The van der Waals surface area contributed by atoms with Crippen molar-refractivity contribution in [2.45, 2.75) is 44.6 Å². The molecule has 0 bridgehead atoms. The van der Waals surface area contributed by atoms with E-state index >= 15 is 0 Å². The van der Waals surface area contributed by atoms with Gasteiger partial charge >= 0.3 is 0 Å². The molecule has 0 spiro atoms. The maximum atomic E-state index is 12.6. The van der Waals surface area contributed by atoms with Gasteiger partial charge in [0.05, 0.1) is 5.92 Å². The number of carbonyl (C=O) groups excluding carboxylic acids is 1. The summed E-state index contributed by atoms with van der Waals surface area (Å²) in [7, 11) is 0. The van der Waals surface area contributed by atoms with Crippen LogP contribution >= 0.6 is 0 Å². The number of amides is 1. The Hall–Kier alpha value is -1.55. The average molecular weight is 302 g/mol. The monoisotopic (exact) mass is 302 g/mol. The molecule has 1 heterocycles. The summed E-state index contributed by atoms with van der Waals surface area (Å²) < 4.78 is 5.73. The highest BCUT2D eigenvalue weighted by Crippen LogP contribution is 2.28. The second-order valence-electron chi connectivity index (χ2n) is 6.57. The minimum absolute atomic E-state index is 0.0931. The smallest absolute Gasteiger partial charge is 0.227 e. The molecule has 1 aliphatic carbocycles. The molecular weight excluding hydrogens is 276 g/mol. The molecule has 4 heteroatoms. The van der Waals surface area contributed by atoms with Gasteiger partial charge < -0.3 is 15.8 Å². The van der Waals surface area contributed by atoms with Gasteiger partial charge in [0, 0.05) is 12.6 Å². The van der Waals surface area contributed by atoms with Crippen LogP contribution < -0.4 is 15.8 Å². The fraction of sp³-hybridized carbons (Fsp3) is 0.611. The van der Waals surface area contributed by atoms with Gasteiger partial charge in [-0.25, -0.2) is 0 Å². The van der Waals surface area contributed by atoms with Crippen molar-refractivity contribution in [2.75, 3.05) is 13.2 Å². The van der Waals surface area contributed by atoms with Gasteiger partial charge in [-0.15, -0.1) is 0 Å². The Kier molecular flexibility index (Phi) is 4.98. The van der Waals surface area contributed by atoms with E-state index in [4.69, 9.17) is 10.5 Å². The predicted octanol–water partition coefficient (Wildman–Crippen LogP) is 2.26. The van der Waals surface area contributed by atoms with Gasteiger partial charge in [0.1, 0.15) is 12.4 Å². The molecule has 1 fully saturated rings. The Morgan fingerprint density at radius 3 is 2.82 bits per heavy atom. The minimum atomic E-state index is -0.104. The van der Waals surface area contributed by atoms with E-state index in [9.17, 15) is 4.79 Å². The third-order valence-electron chi connectivity index (χ3n) is 5.05. The summed E-state index contributed by atoms with van der Waals surface area (Å²) in [6, 6.07) is 8.08. The molecule has 120 valence electrons. The van der Waals surface area contributed by atoms with Crippen LogP contribution in [0.1, 0.15) is 37.7 Å². The predicted molar refractivity (Wildman–Crippen MR) is 86.7 cm³/mol. The Bertz CT molecular complexity index is 512. The zero-order chi connectivity index (χ0) is 15.4. The number of fused-ring (bicyclic) bond motifs is 1. The first-order chi connectivity index (χ1) is 10.8. The van der Waals surface area contributed by atoms with E-state index in [2.05, 4.69) is 5.32 Å². The van der Waals surface area contributed by atoms with Crippen molar-refractivity contribution < 1.29 is 9.53 Å². The molecule has 22 heavy (non-hydrogen) atoms. The van der Waals surface area contributed by atoms with Crippen molar-refractivity contribution in [1.82, 2.24) is 5.32 Å². The zero-order valence-corrected chi connectivity index (χ0v) is 13.1. The molecule has 1 aromatic carbocycles. The van der Waals surface area contributed by atoms with Gasteiger partial charge in [0.15, 0.2) is 0 Å². The summed E-state index contributed by atoms with van der Waals surface area (Å²) >= 11 is 0. The summed E-state index contributed by atoms with van der Waals surface area (Å²) in [5.74, 6) is 1.44. The van der Waals surface area contributed by atoms with Crippen molar-refractivity contribution >= 4 is 5.91 Å². The van der Waals surface area contributed by atoms with Gasteiger partial charge in [-0.3, -0.25) is 4.79 Å². The Morgan fingerprint density at radius 1 is 1.27 bits per heavy atom. The standard InChI is InChI=1S/C18H26N2O2/c19-11-16(13-6-2-1-3-7-13)20-18(21)15-10-14-8-4-5-9-17(14)22-12-15/h4-5,8-9,13,15-16H,1-3,6-7,10-12,19H2,(H,20,21). The highest BCUT2D eigenvalue weighted by atomic mass is 16.5. The second-order valence-corrected chi connectivity index (χ2v) is 6.57. The lowest BCUT2D eigenvalue weighted by molar-refractivity contribution is -0.127. The molecule has 3 rings (SSSR count). The van der Waals surface area contributed by atoms with Crippen LogP contribution in [0.3, 0.4) is 0 Å². The normalized spacial score (nSPS) is 23.2. The number of para-hydroxylation sites is 1. The van der Waals surface area contributed by atoms with Gasteiger partial charge in [-0.05, 0) is 36.8 Å². The van der Waals surface area contributed by atoms with Gasteiger partial charge in [-0.1, -0.05) is 37.5 Å². The SMILES string of the molecule is NCC(NC(=O)C1COc2ccccc2C1)C1CCCCC1. The molecule has 2 atom stereocenters. The Morgan fingerprint density at radius 2 is 2.05 bits per heavy atom. The van der Waals surface area contributed by atoms with E-state index in [-0.39, 0.29) is 17.9 Å². The second kappa shape index (κ2) is 7.14. The largest absolute Gasteiger partial charge is 0.492 e. The lowest BCUT2D eigenvalue weighted by atomic mass is 9.83. The number of benzene rings is 1. The number of rotatable bonds is 4. The third kappa shape index (κ3) is 3.43. The first kappa shape index (κ1) is 15.3. The van der Waals surface area contributed by atoms with Crippen LogP contribution in [0.25, 0.3) is 0 Å². The zero-order valence-electron chi connectivity index (χ0n) is 13.1. The molecule has 3 N–H and O–H groups in total. The summed E-state index contributed by atoms with van der Waals surface area (Å²) in [4.78, 5) is 12.6. The number of hydrogen-bond acceptors (Lipinski definition) is 3. The first-order valence-electron chi connectivity index (χ1n) is 8.49. The quantitative estimate of drug-likeness (QED) is 0.896. The number of nitrogens with one attached hydrogen (secondary N) is 1. The molecule has 2 aliphatic rings. The van der Waals surface area contributed by atoms with Crippen LogP contribution in [-0.2, 0) is 11.2 Å². The van der Waals surface area contributed by atoms with Crippen molar-refractivity contribution in [3.8, 4) is 5.75 Å². The number of hydrogen-bond donors (Lipinski definition) is 2. The third-order valence-corrected chi connectivity index (χ3v) is 5.05. The highest BCUT2D eigenvalue weighted by Gasteiger charge is 2.30. The summed E-state index contributed by atoms with van der Waals surface area (Å²) in [5, 5.41) is 3.19. The fourth-order valence-corrected chi connectivity index (χ4v) is 3.70. The van der Waals surface area contributed by atoms with E-state index in [0.717, 1.165) is 17.7 Å². The molecule has 2 unspecified atom stereocenters. The average Bonchev–Trinajstić information content (AvgIpc) is 2.59. The Balaban J connectivity index is 1.59. The highest BCUT2D eigenvalue weighted by molar-refractivity contribution is 5.80. The van der Waals surface area contributed by atoms with E-state index in [1.54, 1.807) is 0 Å². The topological polar surface area (TPSA) is 64.3 Å². The summed E-state index contributed by atoms with van der Waals surface area (Å²) in [6.07, 6.45) is 6.96. The molecule has 0 saturated heterocycles. The van der Waals surface area contributed by atoms with Crippen LogP contribution in [-0.4, -0.2) is 25.1 Å². The van der Waals surface area contributed by atoms with E-state index < -0.39 is 0 Å². The van der Waals surface area contributed by atoms with Crippen LogP contribution in [0.2, 0.25) is 0 Å². The summed E-state index contributed by atoms with van der Waals surface area (Å²) in [6.45, 7) is 0.991. The van der Waals surface area contributed by atoms with Crippen molar-refractivity contribution in [3.05, 3.63) is 29.8 Å². The fourth-order valence-electron chi connectivity index (χ4n) is 3.70. The minimum Gasteiger partial charge on any atom is -0.492 e. The Labute approximate surface area is 132 Å². The molecule has 1 aromatic rings. The molecule has 0 aromatic heterocycles. The molecule has 1 saturated carbocycles. The van der Waals surface area contributed by atoms with Crippen LogP contribution in [0.4, 0.5) is 0 Å². The van der Waals surface area contributed by atoms with Gasteiger partial charge in [0.2, 0.25) is 5.91 Å². The maximum Gasteiger partial charge on any atom is 0.227 e. The van der Waals surface area contributed by atoms with Gasteiger partial charge in [0.25, 0.3) is 0 Å². The number of carbonyl (C=O) groups is 1. The maximum absolute atomic E-state index is 12.6. The first-order valence-corrected chi connectivity index (χ1v) is 8.49. The number of ether oxygens (including phenoxy) is 1. The van der Waals surface area contributed by atoms with Crippen molar-refractivity contribution in [3.63, 3.8) is 0 Å². The van der Waals surface area contributed by atoms with Crippen LogP contribution in [0.5, 0.6) is 5.75 Å². The lowest BCUT2D eigenvalue weighted by Gasteiger charge is -2.32. The number of nitrogens with two attached hydrogens (primary N) is 1. The molecule has 0 radical (unpaired) electrons. The molecule has 4 nitrogen and oxygen atoms in total. The van der Waals surface area contributed by atoms with E-state index in [0.29, 0.717) is 19.1 Å². The van der Waals surface area contributed by atoms with Crippen LogP contribution in [0.15, 0.2) is 24.3 Å². The van der Waals surface area contributed by atoms with E-state index in [1.807, 2.05) is 24.3 Å².